The Kier molecular flexibility index (Phi) is 4.56. The van der Waals surface area contributed by atoms with Crippen LogP contribution in [0.5, 0.6) is 0 Å². The Morgan fingerprint density at radius 2 is 1.71 bits per heavy atom. The summed E-state index contributed by atoms with van der Waals surface area (Å²) in [4.78, 5) is 16.2. The number of piperidine rings is 3. The quantitative estimate of drug-likeness (QED) is 0.814. The van der Waals surface area contributed by atoms with Crippen LogP contribution in [0.1, 0.15) is 29.9 Å². The summed E-state index contributed by atoms with van der Waals surface area (Å²) in [6, 6.07) is 8.30. The van der Waals surface area contributed by atoms with Gasteiger partial charge in [-0.3, -0.25) is 9.80 Å². The molecule has 5 nitrogen and oxygen atoms in total. The molecule has 0 amide bonds. The molecule has 2 aromatic rings. The number of nitrogens with zero attached hydrogens (tertiary/aromatic N) is 5. The minimum Gasteiger partial charge on any atom is -0.347 e. The summed E-state index contributed by atoms with van der Waals surface area (Å²) in [5.41, 5.74) is 2.44. The minimum atomic E-state index is -0.154. The van der Waals surface area contributed by atoms with Crippen molar-refractivity contribution in [3.05, 3.63) is 53.6 Å². The fourth-order valence-electron chi connectivity index (χ4n) is 5.62. The standard InChI is InChI=1S/C22H28FN5/c1-26(2)22-24-11-15(12-25-22)13-28-14-19(16-3-5-18(23)6-4-16)21-20(28)17-7-9-27(21)10-8-17/h3-6,11-12,17,19-21H,7-10,13-14H2,1-2H3/t19-,20+,21+/m1/s1. The monoisotopic (exact) mass is 381 g/mol. The van der Waals surface area contributed by atoms with E-state index in [0.29, 0.717) is 18.0 Å². The molecule has 0 saturated carbocycles. The molecule has 0 spiro atoms. The Hall–Kier alpha value is -2.05. The van der Waals surface area contributed by atoms with Crippen molar-refractivity contribution in [1.29, 1.82) is 0 Å². The highest BCUT2D eigenvalue weighted by Gasteiger charge is 2.53. The molecule has 3 atom stereocenters. The number of anilines is 1. The maximum atomic E-state index is 13.5. The van der Waals surface area contributed by atoms with Crippen LogP contribution in [0, 0.1) is 11.7 Å². The average Bonchev–Trinajstić information content (AvgIpc) is 3.11. The largest absolute Gasteiger partial charge is 0.347 e. The van der Waals surface area contributed by atoms with Gasteiger partial charge in [0.25, 0.3) is 0 Å². The summed E-state index contributed by atoms with van der Waals surface area (Å²) in [7, 11) is 3.92. The van der Waals surface area contributed by atoms with Crippen LogP contribution in [0.2, 0.25) is 0 Å². The fourth-order valence-corrected chi connectivity index (χ4v) is 5.62. The summed E-state index contributed by atoms with van der Waals surface area (Å²) in [5.74, 6) is 1.80. The lowest BCUT2D eigenvalue weighted by molar-refractivity contribution is -0.00873. The second-order valence-electron chi connectivity index (χ2n) is 8.73. The first-order valence-corrected chi connectivity index (χ1v) is 10.3. The summed E-state index contributed by atoms with van der Waals surface area (Å²) in [6.07, 6.45) is 6.52. The minimum absolute atomic E-state index is 0.154. The maximum Gasteiger partial charge on any atom is 0.224 e. The molecule has 1 aromatic carbocycles. The van der Waals surface area contributed by atoms with E-state index in [1.807, 2.05) is 43.5 Å². The molecule has 28 heavy (non-hydrogen) atoms. The van der Waals surface area contributed by atoms with Gasteiger partial charge < -0.3 is 4.90 Å². The Balaban J connectivity index is 1.42. The van der Waals surface area contributed by atoms with E-state index in [2.05, 4.69) is 19.8 Å². The molecule has 0 aliphatic carbocycles. The molecule has 6 rings (SSSR count). The van der Waals surface area contributed by atoms with Crippen molar-refractivity contribution >= 4 is 5.95 Å². The van der Waals surface area contributed by atoms with Crippen molar-refractivity contribution in [2.75, 3.05) is 38.6 Å². The van der Waals surface area contributed by atoms with Crippen LogP contribution < -0.4 is 4.90 Å². The third kappa shape index (κ3) is 3.08. The number of rotatable bonds is 4. The lowest BCUT2D eigenvalue weighted by Gasteiger charge is -2.51. The molecular formula is C22H28FN5. The van der Waals surface area contributed by atoms with Crippen LogP contribution in [0.25, 0.3) is 0 Å². The predicted molar refractivity (Wildman–Crippen MR) is 108 cm³/mol. The molecule has 4 saturated heterocycles. The van der Waals surface area contributed by atoms with Crippen molar-refractivity contribution < 1.29 is 4.39 Å². The van der Waals surface area contributed by atoms with Crippen LogP contribution in [0.15, 0.2) is 36.7 Å². The van der Waals surface area contributed by atoms with Crippen LogP contribution in [0.4, 0.5) is 10.3 Å². The van der Waals surface area contributed by atoms with Crippen LogP contribution in [0.3, 0.4) is 0 Å². The molecule has 4 fully saturated rings. The van der Waals surface area contributed by atoms with Crippen LogP contribution >= 0.6 is 0 Å². The molecule has 0 radical (unpaired) electrons. The number of hydrogen-bond acceptors (Lipinski definition) is 5. The van der Waals surface area contributed by atoms with Gasteiger partial charge in [0.1, 0.15) is 5.82 Å². The molecule has 0 unspecified atom stereocenters. The fraction of sp³-hybridized carbons (Fsp3) is 0.545. The van der Waals surface area contributed by atoms with E-state index in [1.165, 1.54) is 37.1 Å². The molecule has 2 bridgehead atoms. The Labute approximate surface area is 166 Å². The van der Waals surface area contributed by atoms with Gasteiger partial charge in [-0.2, -0.15) is 0 Å². The topological polar surface area (TPSA) is 35.5 Å². The number of halogens is 1. The third-order valence-corrected chi connectivity index (χ3v) is 6.87. The molecule has 1 aromatic heterocycles. The van der Waals surface area contributed by atoms with E-state index < -0.39 is 0 Å². The van der Waals surface area contributed by atoms with E-state index >= 15 is 0 Å². The first kappa shape index (κ1) is 18.0. The van der Waals surface area contributed by atoms with Crippen LogP contribution in [-0.4, -0.2) is 65.6 Å². The highest BCUT2D eigenvalue weighted by molar-refractivity contribution is 5.29. The summed E-state index contributed by atoms with van der Waals surface area (Å²) in [5, 5.41) is 0. The maximum absolute atomic E-state index is 13.5. The van der Waals surface area contributed by atoms with Crippen molar-refractivity contribution in [3.8, 4) is 0 Å². The molecule has 6 heteroatoms. The SMILES string of the molecule is CN(C)c1ncc(CN2C[C@H](c3ccc(F)cc3)[C@H]3[C@@H]2C2CCN3CC2)cn1. The van der Waals surface area contributed by atoms with Gasteiger partial charge in [0.15, 0.2) is 0 Å². The molecule has 4 aliphatic rings. The number of likely N-dealkylation sites (tertiary alicyclic amines) is 1. The zero-order valence-corrected chi connectivity index (χ0v) is 16.6. The van der Waals surface area contributed by atoms with Crippen LogP contribution in [-0.2, 0) is 6.54 Å². The van der Waals surface area contributed by atoms with Gasteiger partial charge >= 0.3 is 0 Å². The highest BCUT2D eigenvalue weighted by Crippen LogP contribution is 2.46. The predicted octanol–water partition coefficient (Wildman–Crippen LogP) is 2.74. The Morgan fingerprint density at radius 1 is 1.04 bits per heavy atom. The van der Waals surface area contributed by atoms with E-state index in [9.17, 15) is 4.39 Å². The summed E-state index contributed by atoms with van der Waals surface area (Å²) < 4.78 is 13.5. The van der Waals surface area contributed by atoms with Crippen molar-refractivity contribution in [1.82, 2.24) is 19.8 Å². The van der Waals surface area contributed by atoms with Gasteiger partial charge in [-0.1, -0.05) is 12.1 Å². The van der Waals surface area contributed by atoms with Crippen molar-refractivity contribution in [2.24, 2.45) is 5.92 Å². The van der Waals surface area contributed by atoms with Gasteiger partial charge in [-0.05, 0) is 49.5 Å². The smallest absolute Gasteiger partial charge is 0.224 e. The summed E-state index contributed by atoms with van der Waals surface area (Å²) >= 11 is 0. The number of fused-ring (bicyclic) bond motifs is 2. The zero-order chi connectivity index (χ0) is 19.3. The normalized spacial score (nSPS) is 31.8. The lowest BCUT2D eigenvalue weighted by Crippen LogP contribution is -2.59. The van der Waals surface area contributed by atoms with Crippen molar-refractivity contribution in [3.63, 3.8) is 0 Å². The number of hydrogen-bond donors (Lipinski definition) is 0. The van der Waals surface area contributed by atoms with Crippen molar-refractivity contribution in [2.45, 2.75) is 37.4 Å². The van der Waals surface area contributed by atoms with Gasteiger partial charge in [-0.15, -0.1) is 0 Å². The second kappa shape index (κ2) is 7.08. The molecule has 5 heterocycles. The number of benzene rings is 1. The summed E-state index contributed by atoms with van der Waals surface area (Å²) in [6.45, 7) is 4.32. The van der Waals surface area contributed by atoms with E-state index in [1.54, 1.807) is 12.1 Å². The zero-order valence-electron chi connectivity index (χ0n) is 16.6. The first-order valence-electron chi connectivity index (χ1n) is 10.3. The van der Waals surface area contributed by atoms with Gasteiger partial charge in [0, 0.05) is 63.1 Å². The molecular weight excluding hydrogens is 353 g/mol. The average molecular weight is 381 g/mol. The van der Waals surface area contributed by atoms with E-state index in [4.69, 9.17) is 0 Å². The second-order valence-corrected chi connectivity index (χ2v) is 8.73. The molecule has 4 aliphatic heterocycles. The van der Waals surface area contributed by atoms with E-state index in [0.717, 1.165) is 25.0 Å². The first-order chi connectivity index (χ1) is 13.6. The Morgan fingerprint density at radius 3 is 2.36 bits per heavy atom. The molecule has 148 valence electrons. The lowest BCUT2D eigenvalue weighted by atomic mass is 9.75. The Bertz CT molecular complexity index is 814. The van der Waals surface area contributed by atoms with E-state index in [-0.39, 0.29) is 5.82 Å². The number of aromatic nitrogens is 2. The highest BCUT2D eigenvalue weighted by atomic mass is 19.1. The molecule has 0 N–H and O–H groups in total. The van der Waals surface area contributed by atoms with Gasteiger partial charge in [0.2, 0.25) is 5.95 Å². The third-order valence-electron chi connectivity index (χ3n) is 6.87. The van der Waals surface area contributed by atoms with Gasteiger partial charge in [0.05, 0.1) is 0 Å². The van der Waals surface area contributed by atoms with Gasteiger partial charge in [-0.25, -0.2) is 14.4 Å².